The molecule has 102 valence electrons. The van der Waals surface area contributed by atoms with Crippen LogP contribution >= 0.6 is 0 Å². The van der Waals surface area contributed by atoms with Gasteiger partial charge in [-0.1, -0.05) is 6.07 Å². The van der Waals surface area contributed by atoms with Crippen molar-refractivity contribution in [2.24, 2.45) is 12.8 Å². The van der Waals surface area contributed by atoms with Crippen molar-refractivity contribution in [1.29, 1.82) is 0 Å². The van der Waals surface area contributed by atoms with Crippen molar-refractivity contribution in [3.05, 3.63) is 29.6 Å². The number of tetrazole rings is 1. The Kier molecular flexibility index (Phi) is 3.96. The molecule has 0 saturated heterocycles. The summed E-state index contributed by atoms with van der Waals surface area (Å²) in [5.74, 6) is 1.90. The predicted molar refractivity (Wildman–Crippen MR) is 68.7 cm³/mol. The first-order valence-electron chi connectivity index (χ1n) is 5.89. The molecular formula is C12H17N5O2. The van der Waals surface area contributed by atoms with E-state index in [9.17, 15) is 0 Å². The maximum absolute atomic E-state index is 5.91. The van der Waals surface area contributed by atoms with Gasteiger partial charge in [-0.15, -0.1) is 10.2 Å². The molecule has 2 aromatic rings. The molecule has 0 saturated carbocycles. The Bertz CT molecular complexity index is 553. The van der Waals surface area contributed by atoms with Gasteiger partial charge in [-0.25, -0.2) is 0 Å². The topological polar surface area (TPSA) is 88.1 Å². The summed E-state index contributed by atoms with van der Waals surface area (Å²) in [4.78, 5) is 1.39. The molecule has 0 amide bonds. The van der Waals surface area contributed by atoms with E-state index in [0.29, 0.717) is 17.3 Å². The molecule has 1 atom stereocenters. The Morgan fingerprint density at radius 2 is 2.21 bits per heavy atom. The van der Waals surface area contributed by atoms with Crippen LogP contribution in [-0.2, 0) is 13.7 Å². The normalized spacial score (nSPS) is 12.2. The molecule has 0 radical (unpaired) electrons. The molecule has 1 aromatic carbocycles. The molecule has 0 fully saturated rings. The Morgan fingerprint density at radius 1 is 1.42 bits per heavy atom. The van der Waals surface area contributed by atoms with E-state index in [0.717, 1.165) is 5.56 Å². The number of rotatable bonds is 5. The minimum atomic E-state index is -0.129. The molecule has 0 bridgehead atoms. The standard InChI is InChI=1S/C12H17N5O2/c1-8(13)10-5-4-9(18-3)6-11(10)19-7-12-14-16-17(2)15-12/h4-6,8H,7,13H2,1-3H3/t8-/m1/s1. The Balaban J connectivity index is 2.17. The molecule has 0 aliphatic rings. The molecule has 1 aromatic heterocycles. The second-order valence-electron chi connectivity index (χ2n) is 4.18. The molecule has 0 spiro atoms. The Morgan fingerprint density at radius 3 is 2.79 bits per heavy atom. The average molecular weight is 263 g/mol. The number of ether oxygens (including phenoxy) is 2. The van der Waals surface area contributed by atoms with E-state index in [4.69, 9.17) is 15.2 Å². The third-order valence-corrected chi connectivity index (χ3v) is 2.62. The van der Waals surface area contributed by atoms with E-state index in [1.54, 1.807) is 20.2 Å². The largest absolute Gasteiger partial charge is 0.497 e. The van der Waals surface area contributed by atoms with E-state index < -0.39 is 0 Å². The summed E-state index contributed by atoms with van der Waals surface area (Å²) in [6, 6.07) is 5.42. The molecule has 7 heteroatoms. The fourth-order valence-electron chi connectivity index (χ4n) is 1.67. The van der Waals surface area contributed by atoms with Crippen LogP contribution in [0.5, 0.6) is 11.5 Å². The zero-order valence-corrected chi connectivity index (χ0v) is 11.2. The van der Waals surface area contributed by atoms with Crippen LogP contribution < -0.4 is 15.2 Å². The second-order valence-corrected chi connectivity index (χ2v) is 4.18. The lowest BCUT2D eigenvalue weighted by atomic mass is 10.1. The van der Waals surface area contributed by atoms with Crippen molar-refractivity contribution in [2.75, 3.05) is 7.11 Å². The molecule has 19 heavy (non-hydrogen) atoms. The molecular weight excluding hydrogens is 246 g/mol. The number of aryl methyl sites for hydroxylation is 1. The number of benzene rings is 1. The highest BCUT2D eigenvalue weighted by Gasteiger charge is 2.11. The highest BCUT2D eigenvalue weighted by atomic mass is 16.5. The smallest absolute Gasteiger partial charge is 0.212 e. The monoisotopic (exact) mass is 263 g/mol. The summed E-state index contributed by atoms with van der Waals surface area (Å²) < 4.78 is 10.9. The van der Waals surface area contributed by atoms with Gasteiger partial charge >= 0.3 is 0 Å². The zero-order chi connectivity index (χ0) is 13.8. The lowest BCUT2D eigenvalue weighted by molar-refractivity contribution is 0.288. The molecule has 2 rings (SSSR count). The van der Waals surface area contributed by atoms with Crippen LogP contribution in [0.15, 0.2) is 18.2 Å². The first kappa shape index (κ1) is 13.3. The third kappa shape index (κ3) is 3.19. The number of nitrogens with two attached hydrogens (primary N) is 1. The fourth-order valence-corrected chi connectivity index (χ4v) is 1.67. The maximum Gasteiger partial charge on any atom is 0.212 e. The molecule has 0 aliphatic heterocycles. The van der Waals surface area contributed by atoms with Gasteiger partial charge in [-0.3, -0.25) is 0 Å². The highest BCUT2D eigenvalue weighted by molar-refractivity contribution is 5.42. The molecule has 0 aliphatic carbocycles. The van der Waals surface area contributed by atoms with Crippen molar-refractivity contribution < 1.29 is 9.47 Å². The first-order chi connectivity index (χ1) is 9.10. The summed E-state index contributed by atoms with van der Waals surface area (Å²) >= 11 is 0. The summed E-state index contributed by atoms with van der Waals surface area (Å²) in [5, 5.41) is 11.7. The first-order valence-corrected chi connectivity index (χ1v) is 5.89. The summed E-state index contributed by atoms with van der Waals surface area (Å²) in [6.45, 7) is 2.13. The van der Waals surface area contributed by atoms with Gasteiger partial charge in [0.25, 0.3) is 0 Å². The zero-order valence-electron chi connectivity index (χ0n) is 11.2. The minimum absolute atomic E-state index is 0.129. The van der Waals surface area contributed by atoms with E-state index in [1.807, 2.05) is 19.1 Å². The van der Waals surface area contributed by atoms with Gasteiger partial charge in [0.1, 0.15) is 11.5 Å². The lowest BCUT2D eigenvalue weighted by Crippen LogP contribution is -2.09. The van der Waals surface area contributed by atoms with E-state index in [1.165, 1.54) is 4.80 Å². The minimum Gasteiger partial charge on any atom is -0.497 e. The quantitative estimate of drug-likeness (QED) is 0.859. The van der Waals surface area contributed by atoms with E-state index in [-0.39, 0.29) is 12.6 Å². The van der Waals surface area contributed by atoms with Gasteiger partial charge in [0.2, 0.25) is 5.82 Å². The predicted octanol–water partition coefficient (Wildman–Crippen LogP) is 0.817. The van der Waals surface area contributed by atoms with Crippen LogP contribution in [0.3, 0.4) is 0 Å². The van der Waals surface area contributed by atoms with E-state index in [2.05, 4.69) is 15.4 Å². The second kappa shape index (κ2) is 5.66. The lowest BCUT2D eigenvalue weighted by Gasteiger charge is -2.14. The van der Waals surface area contributed by atoms with Crippen LogP contribution in [0.4, 0.5) is 0 Å². The number of hydrogen-bond acceptors (Lipinski definition) is 6. The number of nitrogens with zero attached hydrogens (tertiary/aromatic N) is 4. The number of methoxy groups -OCH3 is 1. The maximum atomic E-state index is 5.91. The van der Waals surface area contributed by atoms with Crippen molar-refractivity contribution in [1.82, 2.24) is 20.2 Å². The van der Waals surface area contributed by atoms with Crippen LogP contribution in [0.25, 0.3) is 0 Å². The van der Waals surface area contributed by atoms with Gasteiger partial charge in [-0.05, 0) is 18.2 Å². The molecule has 1 heterocycles. The fraction of sp³-hybridized carbons (Fsp3) is 0.417. The van der Waals surface area contributed by atoms with Crippen LogP contribution in [0.2, 0.25) is 0 Å². The van der Waals surface area contributed by atoms with Crippen LogP contribution in [-0.4, -0.2) is 27.3 Å². The van der Waals surface area contributed by atoms with Crippen molar-refractivity contribution in [2.45, 2.75) is 19.6 Å². The van der Waals surface area contributed by atoms with Gasteiger partial charge < -0.3 is 15.2 Å². The van der Waals surface area contributed by atoms with Gasteiger partial charge in [0, 0.05) is 17.7 Å². The van der Waals surface area contributed by atoms with Crippen LogP contribution in [0, 0.1) is 0 Å². The van der Waals surface area contributed by atoms with Crippen molar-refractivity contribution >= 4 is 0 Å². The Labute approximate surface area is 111 Å². The van der Waals surface area contributed by atoms with Crippen molar-refractivity contribution in [3.8, 4) is 11.5 Å². The SMILES string of the molecule is COc1ccc([C@@H](C)N)c(OCc2nnn(C)n2)c1. The van der Waals surface area contributed by atoms with Crippen molar-refractivity contribution in [3.63, 3.8) is 0 Å². The summed E-state index contributed by atoms with van der Waals surface area (Å²) in [7, 11) is 3.31. The highest BCUT2D eigenvalue weighted by Crippen LogP contribution is 2.28. The Hall–Kier alpha value is -2.15. The summed E-state index contributed by atoms with van der Waals surface area (Å²) in [6.07, 6.45) is 0. The molecule has 0 unspecified atom stereocenters. The van der Waals surface area contributed by atoms with Gasteiger partial charge in [-0.2, -0.15) is 4.80 Å². The van der Waals surface area contributed by atoms with E-state index >= 15 is 0 Å². The number of hydrogen-bond donors (Lipinski definition) is 1. The molecule has 7 nitrogen and oxygen atoms in total. The van der Waals surface area contributed by atoms with Gasteiger partial charge in [0.05, 0.1) is 14.2 Å². The summed E-state index contributed by atoms with van der Waals surface area (Å²) in [5.41, 5.74) is 6.82. The third-order valence-electron chi connectivity index (χ3n) is 2.62. The van der Waals surface area contributed by atoms with Crippen LogP contribution in [0.1, 0.15) is 24.4 Å². The molecule has 2 N–H and O–H groups in total. The average Bonchev–Trinajstić information content (AvgIpc) is 2.81. The van der Waals surface area contributed by atoms with Gasteiger partial charge in [0.15, 0.2) is 6.61 Å². The number of aromatic nitrogens is 4.